The van der Waals surface area contributed by atoms with E-state index in [1.165, 1.54) is 17.0 Å². The van der Waals surface area contributed by atoms with Gasteiger partial charge in [-0.15, -0.1) is 0 Å². The van der Waals surface area contributed by atoms with Gasteiger partial charge in [-0.3, -0.25) is 13.9 Å². The maximum absolute atomic E-state index is 14.1. The smallest absolute Gasteiger partial charge is 0.264 e. The van der Waals surface area contributed by atoms with Gasteiger partial charge in [-0.25, -0.2) is 8.42 Å². The Labute approximate surface area is 232 Å². The molecule has 1 atom stereocenters. The van der Waals surface area contributed by atoms with E-state index in [0.717, 1.165) is 15.4 Å². The Balaban J connectivity index is 2.08. The Bertz CT molecular complexity index is 1400. The van der Waals surface area contributed by atoms with E-state index < -0.39 is 34.1 Å². The second-order valence-electron chi connectivity index (χ2n) is 10.8. The number of amides is 2. The summed E-state index contributed by atoms with van der Waals surface area (Å²) in [5.41, 5.74) is 2.52. The minimum Gasteiger partial charge on any atom is -0.350 e. The molecule has 0 saturated heterocycles. The topological polar surface area (TPSA) is 86.8 Å². The Kier molecular flexibility index (Phi) is 9.56. The Hall–Kier alpha value is -3.65. The molecule has 0 heterocycles. The van der Waals surface area contributed by atoms with E-state index in [2.05, 4.69) is 5.32 Å². The van der Waals surface area contributed by atoms with Crippen LogP contribution in [0, 0.1) is 13.8 Å². The molecule has 0 aliphatic carbocycles. The average molecular weight is 550 g/mol. The van der Waals surface area contributed by atoms with Crippen LogP contribution in [0.5, 0.6) is 0 Å². The number of nitrogens with zero attached hydrogens (tertiary/aromatic N) is 2. The fourth-order valence-corrected chi connectivity index (χ4v) is 5.96. The number of hydrogen-bond acceptors (Lipinski definition) is 4. The van der Waals surface area contributed by atoms with Crippen molar-refractivity contribution in [3.63, 3.8) is 0 Å². The molecular weight excluding hydrogens is 510 g/mol. The first kappa shape index (κ1) is 29.9. The van der Waals surface area contributed by atoms with Gasteiger partial charge in [-0.05, 0) is 70.4 Å². The summed E-state index contributed by atoms with van der Waals surface area (Å²) in [5, 5.41) is 2.99. The lowest BCUT2D eigenvalue weighted by Gasteiger charge is -2.35. The minimum atomic E-state index is -4.08. The highest BCUT2D eigenvalue weighted by Gasteiger charge is 2.34. The Morgan fingerprint density at radius 1 is 0.897 bits per heavy atom. The minimum absolute atomic E-state index is 0.0869. The van der Waals surface area contributed by atoms with Gasteiger partial charge in [0.1, 0.15) is 12.6 Å². The molecule has 1 N–H and O–H groups in total. The SMILES string of the molecule is CC[C@H](C(=O)NC(C)(C)C)N(Cc1cccc(C)c1)C(=O)CN(c1ccccc1C)S(=O)(=O)c1ccccc1. The number of carbonyl (C=O) groups is 2. The summed E-state index contributed by atoms with van der Waals surface area (Å²) >= 11 is 0. The van der Waals surface area contributed by atoms with Gasteiger partial charge in [0.05, 0.1) is 10.6 Å². The number of para-hydroxylation sites is 1. The monoisotopic (exact) mass is 549 g/mol. The molecule has 0 aliphatic rings. The van der Waals surface area contributed by atoms with E-state index >= 15 is 0 Å². The van der Waals surface area contributed by atoms with Crippen molar-refractivity contribution >= 4 is 27.5 Å². The van der Waals surface area contributed by atoms with Crippen LogP contribution in [-0.2, 0) is 26.2 Å². The molecule has 8 heteroatoms. The van der Waals surface area contributed by atoms with Gasteiger partial charge in [0, 0.05) is 12.1 Å². The van der Waals surface area contributed by atoms with Crippen LogP contribution < -0.4 is 9.62 Å². The number of anilines is 1. The third-order valence-electron chi connectivity index (χ3n) is 6.31. The molecule has 3 aromatic rings. The highest BCUT2D eigenvalue weighted by molar-refractivity contribution is 7.92. The predicted octanol–water partition coefficient (Wildman–Crippen LogP) is 5.22. The van der Waals surface area contributed by atoms with Gasteiger partial charge in [0.25, 0.3) is 10.0 Å². The number of sulfonamides is 1. The number of benzene rings is 3. The van der Waals surface area contributed by atoms with Crippen molar-refractivity contribution in [1.82, 2.24) is 10.2 Å². The second kappa shape index (κ2) is 12.5. The highest BCUT2D eigenvalue weighted by Crippen LogP contribution is 2.27. The summed E-state index contributed by atoms with van der Waals surface area (Å²) in [6, 6.07) is 22.1. The van der Waals surface area contributed by atoms with Crippen LogP contribution in [-0.4, -0.2) is 43.3 Å². The standard InChI is InChI=1S/C31H39N3O4S/c1-7-27(30(36)32-31(4,5)6)33(21-25-16-13-14-23(2)20-25)29(35)22-34(28-19-12-11-15-24(28)3)39(37,38)26-17-9-8-10-18-26/h8-20,27H,7,21-22H2,1-6H3,(H,32,36)/t27-/m1/s1. The maximum Gasteiger partial charge on any atom is 0.264 e. The van der Waals surface area contributed by atoms with E-state index in [1.54, 1.807) is 30.3 Å². The van der Waals surface area contributed by atoms with Gasteiger partial charge in [-0.2, -0.15) is 0 Å². The van der Waals surface area contributed by atoms with Gasteiger partial charge >= 0.3 is 0 Å². The number of hydrogen-bond donors (Lipinski definition) is 1. The summed E-state index contributed by atoms with van der Waals surface area (Å²) in [4.78, 5) is 29.1. The summed E-state index contributed by atoms with van der Waals surface area (Å²) in [6.07, 6.45) is 0.370. The van der Waals surface area contributed by atoms with Crippen LogP contribution in [0.3, 0.4) is 0 Å². The van der Waals surface area contributed by atoms with Crippen LogP contribution in [0.2, 0.25) is 0 Å². The molecule has 0 spiro atoms. The van der Waals surface area contributed by atoms with Crippen LogP contribution in [0.25, 0.3) is 0 Å². The van der Waals surface area contributed by atoms with Crippen molar-refractivity contribution in [2.45, 2.75) is 71.0 Å². The highest BCUT2D eigenvalue weighted by atomic mass is 32.2. The van der Waals surface area contributed by atoms with Crippen LogP contribution in [0.15, 0.2) is 83.8 Å². The van der Waals surface area contributed by atoms with Crippen molar-refractivity contribution in [1.29, 1.82) is 0 Å². The summed E-state index contributed by atoms with van der Waals surface area (Å²) in [6.45, 7) is 11.0. The zero-order valence-electron chi connectivity index (χ0n) is 23.6. The van der Waals surface area contributed by atoms with Crippen molar-refractivity contribution in [3.05, 3.63) is 95.6 Å². The molecule has 7 nitrogen and oxygen atoms in total. The summed E-state index contributed by atoms with van der Waals surface area (Å²) < 4.78 is 28.9. The molecule has 0 unspecified atom stereocenters. The molecule has 208 valence electrons. The van der Waals surface area contributed by atoms with Gasteiger partial charge in [0.2, 0.25) is 11.8 Å². The molecule has 39 heavy (non-hydrogen) atoms. The van der Waals surface area contributed by atoms with Crippen molar-refractivity contribution in [2.24, 2.45) is 0 Å². The molecule has 3 rings (SSSR count). The van der Waals surface area contributed by atoms with E-state index in [9.17, 15) is 18.0 Å². The third-order valence-corrected chi connectivity index (χ3v) is 8.09. The van der Waals surface area contributed by atoms with E-state index in [4.69, 9.17) is 0 Å². The number of aryl methyl sites for hydroxylation is 2. The molecule has 2 amide bonds. The quantitative estimate of drug-likeness (QED) is 0.376. The first-order valence-corrected chi connectivity index (χ1v) is 14.6. The zero-order chi connectivity index (χ0) is 28.8. The van der Waals surface area contributed by atoms with Gasteiger partial charge in [-0.1, -0.05) is 73.2 Å². The maximum atomic E-state index is 14.1. The molecule has 3 aromatic carbocycles. The molecule has 0 bridgehead atoms. The Morgan fingerprint density at radius 3 is 2.13 bits per heavy atom. The lowest BCUT2D eigenvalue weighted by Crippen LogP contribution is -2.55. The lowest BCUT2D eigenvalue weighted by molar-refractivity contribution is -0.141. The molecule has 0 saturated carbocycles. The third kappa shape index (κ3) is 7.69. The van der Waals surface area contributed by atoms with Gasteiger partial charge in [0.15, 0.2) is 0 Å². The van der Waals surface area contributed by atoms with E-state index in [-0.39, 0.29) is 17.3 Å². The fraction of sp³-hybridized carbons (Fsp3) is 0.355. The second-order valence-corrected chi connectivity index (χ2v) is 12.6. The van der Waals surface area contributed by atoms with Crippen LogP contribution in [0.4, 0.5) is 5.69 Å². The molecule has 0 radical (unpaired) electrons. The molecule has 0 aromatic heterocycles. The fourth-order valence-electron chi connectivity index (χ4n) is 4.46. The van der Waals surface area contributed by atoms with Crippen molar-refractivity contribution in [2.75, 3.05) is 10.8 Å². The summed E-state index contributed by atoms with van der Waals surface area (Å²) in [7, 11) is -4.08. The van der Waals surface area contributed by atoms with Crippen LogP contribution >= 0.6 is 0 Å². The number of nitrogens with one attached hydrogen (secondary N) is 1. The van der Waals surface area contributed by atoms with Crippen LogP contribution in [0.1, 0.15) is 50.8 Å². The number of rotatable bonds is 10. The molecular formula is C31H39N3O4S. The summed E-state index contributed by atoms with van der Waals surface area (Å²) in [5.74, 6) is -0.741. The molecule has 0 fully saturated rings. The van der Waals surface area contributed by atoms with Crippen molar-refractivity contribution in [3.8, 4) is 0 Å². The largest absolute Gasteiger partial charge is 0.350 e. The van der Waals surface area contributed by atoms with Gasteiger partial charge < -0.3 is 10.2 Å². The van der Waals surface area contributed by atoms with E-state index in [0.29, 0.717) is 17.7 Å². The lowest BCUT2D eigenvalue weighted by atomic mass is 10.0. The normalized spacial score (nSPS) is 12.5. The predicted molar refractivity (Wildman–Crippen MR) is 156 cm³/mol. The number of carbonyl (C=O) groups excluding carboxylic acids is 2. The van der Waals surface area contributed by atoms with Crippen molar-refractivity contribution < 1.29 is 18.0 Å². The first-order valence-electron chi connectivity index (χ1n) is 13.1. The Morgan fingerprint density at radius 2 is 1.54 bits per heavy atom. The zero-order valence-corrected chi connectivity index (χ0v) is 24.5. The molecule has 0 aliphatic heterocycles. The van der Waals surface area contributed by atoms with E-state index in [1.807, 2.05) is 77.9 Å². The average Bonchev–Trinajstić information content (AvgIpc) is 2.87. The first-order chi connectivity index (χ1) is 18.3.